The molecule has 0 atom stereocenters. The van der Waals surface area contributed by atoms with E-state index in [1.54, 1.807) is 12.1 Å². The molecule has 1 aliphatic carbocycles. The van der Waals surface area contributed by atoms with Gasteiger partial charge in [0.1, 0.15) is 0 Å². The third-order valence-electron chi connectivity index (χ3n) is 3.79. The van der Waals surface area contributed by atoms with Crippen LogP contribution in [0.2, 0.25) is 5.02 Å². The van der Waals surface area contributed by atoms with Crippen LogP contribution in [-0.2, 0) is 6.54 Å². The predicted molar refractivity (Wildman–Crippen MR) is 76.4 cm³/mol. The fourth-order valence-corrected chi connectivity index (χ4v) is 2.68. The van der Waals surface area contributed by atoms with Gasteiger partial charge in [-0.05, 0) is 36.3 Å². The van der Waals surface area contributed by atoms with Gasteiger partial charge in [-0.2, -0.15) is 0 Å². The lowest BCUT2D eigenvalue weighted by Gasteiger charge is -2.15. The van der Waals surface area contributed by atoms with Crippen LogP contribution < -0.4 is 5.32 Å². The Hall–Kier alpha value is -1.13. The molecule has 0 heterocycles. The van der Waals surface area contributed by atoms with Crippen LogP contribution in [0.25, 0.3) is 0 Å². The molecule has 5 heteroatoms. The van der Waals surface area contributed by atoms with Crippen LogP contribution >= 0.6 is 11.6 Å². The smallest absolute Gasteiger partial charge is 0.269 e. The number of nitrogens with zero attached hydrogens (tertiary/aromatic N) is 1. The fourth-order valence-electron chi connectivity index (χ4n) is 2.49. The normalized spacial score (nSPS) is 16.3. The van der Waals surface area contributed by atoms with Crippen LogP contribution in [-0.4, -0.2) is 11.5 Å². The Morgan fingerprint density at radius 1 is 1.47 bits per heavy atom. The molecule has 1 N–H and O–H groups in total. The van der Waals surface area contributed by atoms with Gasteiger partial charge in [0.15, 0.2) is 0 Å². The summed E-state index contributed by atoms with van der Waals surface area (Å²) in [6, 6.07) is 4.58. The van der Waals surface area contributed by atoms with E-state index in [0.717, 1.165) is 12.1 Å². The summed E-state index contributed by atoms with van der Waals surface area (Å²) >= 11 is 6.07. The van der Waals surface area contributed by atoms with Crippen molar-refractivity contribution in [1.29, 1.82) is 0 Å². The van der Waals surface area contributed by atoms with E-state index >= 15 is 0 Å². The van der Waals surface area contributed by atoms with Crippen molar-refractivity contribution < 1.29 is 4.92 Å². The molecule has 0 unspecified atom stereocenters. The number of nitro benzene ring substituents is 1. The van der Waals surface area contributed by atoms with Crippen LogP contribution in [0.5, 0.6) is 0 Å². The largest absolute Gasteiger partial charge is 0.312 e. The molecule has 0 aromatic heterocycles. The van der Waals surface area contributed by atoms with Gasteiger partial charge in [0.2, 0.25) is 0 Å². The van der Waals surface area contributed by atoms with E-state index in [0.29, 0.717) is 17.0 Å². The van der Waals surface area contributed by atoms with Crippen molar-refractivity contribution in [3.05, 3.63) is 38.9 Å². The van der Waals surface area contributed by atoms with Crippen LogP contribution in [0.15, 0.2) is 18.2 Å². The highest BCUT2D eigenvalue weighted by Gasteiger charge is 2.40. The summed E-state index contributed by atoms with van der Waals surface area (Å²) in [5.74, 6) is 0. The predicted octanol–water partition coefficient (Wildman–Crippen LogP) is 3.92. The van der Waals surface area contributed by atoms with Crippen LogP contribution in [0.1, 0.15) is 38.2 Å². The Morgan fingerprint density at radius 2 is 2.21 bits per heavy atom. The van der Waals surface area contributed by atoms with Crippen molar-refractivity contribution in [2.45, 2.75) is 39.2 Å². The van der Waals surface area contributed by atoms with Crippen molar-refractivity contribution >= 4 is 17.3 Å². The van der Waals surface area contributed by atoms with Gasteiger partial charge in [0.25, 0.3) is 5.69 Å². The van der Waals surface area contributed by atoms with Crippen molar-refractivity contribution in [1.82, 2.24) is 5.32 Å². The number of nitro groups is 1. The minimum absolute atomic E-state index is 0.0934. The highest BCUT2D eigenvalue weighted by Crippen LogP contribution is 2.48. The maximum atomic E-state index is 10.7. The Bertz CT molecular complexity index is 473. The third kappa shape index (κ3) is 3.67. The first-order chi connectivity index (χ1) is 9.06. The molecule has 1 aliphatic rings. The maximum absolute atomic E-state index is 10.7. The first kappa shape index (κ1) is 14.3. The first-order valence-corrected chi connectivity index (χ1v) is 7.08. The van der Waals surface area contributed by atoms with Gasteiger partial charge in [-0.1, -0.05) is 24.9 Å². The van der Waals surface area contributed by atoms with Crippen molar-refractivity contribution in [3.8, 4) is 0 Å². The molecule has 2 rings (SSSR count). The molecular formula is C14H19ClN2O2. The molecule has 1 fully saturated rings. The van der Waals surface area contributed by atoms with Crippen molar-refractivity contribution in [3.63, 3.8) is 0 Å². The van der Waals surface area contributed by atoms with Gasteiger partial charge in [0, 0.05) is 30.2 Å². The van der Waals surface area contributed by atoms with E-state index in [4.69, 9.17) is 11.6 Å². The summed E-state index contributed by atoms with van der Waals surface area (Å²) in [7, 11) is 0. The molecule has 1 saturated carbocycles. The Kier molecular flexibility index (Phi) is 4.42. The van der Waals surface area contributed by atoms with E-state index in [1.165, 1.54) is 31.7 Å². The van der Waals surface area contributed by atoms with E-state index < -0.39 is 0 Å². The zero-order chi connectivity index (χ0) is 13.9. The molecule has 0 radical (unpaired) electrons. The Balaban J connectivity index is 1.92. The summed E-state index contributed by atoms with van der Waals surface area (Å²) in [4.78, 5) is 10.3. The lowest BCUT2D eigenvalue weighted by Crippen LogP contribution is -2.23. The average Bonchev–Trinajstić information content (AvgIpc) is 3.12. The number of benzene rings is 1. The van der Waals surface area contributed by atoms with Gasteiger partial charge in [-0.15, -0.1) is 0 Å². The molecule has 0 bridgehead atoms. The molecule has 1 aromatic carbocycles. The molecule has 4 nitrogen and oxygen atoms in total. The molecule has 104 valence electrons. The van der Waals surface area contributed by atoms with Gasteiger partial charge in [-0.3, -0.25) is 10.1 Å². The van der Waals surface area contributed by atoms with Crippen LogP contribution in [0.3, 0.4) is 0 Å². The minimum Gasteiger partial charge on any atom is -0.312 e. The maximum Gasteiger partial charge on any atom is 0.269 e. The lowest BCUT2D eigenvalue weighted by atomic mass is 10.0. The first-order valence-electron chi connectivity index (χ1n) is 6.70. The monoisotopic (exact) mass is 282 g/mol. The number of rotatable bonds is 7. The van der Waals surface area contributed by atoms with E-state index in [-0.39, 0.29) is 10.6 Å². The number of halogens is 1. The van der Waals surface area contributed by atoms with Crippen LogP contribution in [0.4, 0.5) is 5.69 Å². The van der Waals surface area contributed by atoms with E-state index in [2.05, 4.69) is 12.2 Å². The summed E-state index contributed by atoms with van der Waals surface area (Å²) < 4.78 is 0. The molecule has 0 amide bonds. The van der Waals surface area contributed by atoms with Crippen LogP contribution in [0, 0.1) is 15.5 Å². The molecule has 0 aliphatic heterocycles. The standard InChI is InChI=1S/C14H19ClN2O2/c1-2-5-14(6-7-14)10-16-9-11-8-12(17(18)19)3-4-13(11)15/h3-4,8,16H,2,5-7,9-10H2,1H3. The number of nitrogens with one attached hydrogen (secondary N) is 1. The second-order valence-electron chi connectivity index (χ2n) is 5.39. The van der Waals surface area contributed by atoms with Gasteiger partial charge in [0.05, 0.1) is 4.92 Å². The summed E-state index contributed by atoms with van der Waals surface area (Å²) in [6.07, 6.45) is 5.04. The zero-order valence-corrected chi connectivity index (χ0v) is 11.9. The van der Waals surface area contributed by atoms with E-state index in [1.807, 2.05) is 0 Å². The summed E-state index contributed by atoms with van der Waals surface area (Å²) in [5, 5.41) is 14.7. The quantitative estimate of drug-likeness (QED) is 0.609. The number of hydrogen-bond donors (Lipinski definition) is 1. The lowest BCUT2D eigenvalue weighted by molar-refractivity contribution is -0.384. The Morgan fingerprint density at radius 3 is 2.79 bits per heavy atom. The highest BCUT2D eigenvalue weighted by molar-refractivity contribution is 6.31. The number of non-ortho nitro benzene ring substituents is 1. The number of hydrogen-bond acceptors (Lipinski definition) is 3. The zero-order valence-electron chi connectivity index (χ0n) is 11.1. The highest BCUT2D eigenvalue weighted by atomic mass is 35.5. The Labute approximate surface area is 118 Å². The average molecular weight is 283 g/mol. The minimum atomic E-state index is -0.390. The topological polar surface area (TPSA) is 55.2 Å². The molecule has 0 saturated heterocycles. The summed E-state index contributed by atoms with van der Waals surface area (Å²) in [6.45, 7) is 3.77. The molecule has 19 heavy (non-hydrogen) atoms. The van der Waals surface area contributed by atoms with Gasteiger partial charge in [-0.25, -0.2) is 0 Å². The van der Waals surface area contributed by atoms with Crippen molar-refractivity contribution in [2.24, 2.45) is 5.41 Å². The summed E-state index contributed by atoms with van der Waals surface area (Å²) in [5.41, 5.74) is 1.36. The fraction of sp³-hybridized carbons (Fsp3) is 0.571. The van der Waals surface area contributed by atoms with Gasteiger partial charge < -0.3 is 5.32 Å². The second kappa shape index (κ2) is 5.88. The van der Waals surface area contributed by atoms with E-state index in [9.17, 15) is 10.1 Å². The second-order valence-corrected chi connectivity index (χ2v) is 5.79. The molecule has 1 aromatic rings. The molecule has 0 spiro atoms. The third-order valence-corrected chi connectivity index (χ3v) is 4.16. The van der Waals surface area contributed by atoms with Gasteiger partial charge >= 0.3 is 0 Å². The molecular weight excluding hydrogens is 264 g/mol. The van der Waals surface area contributed by atoms with Crippen molar-refractivity contribution in [2.75, 3.05) is 6.54 Å². The SMILES string of the molecule is CCCC1(CNCc2cc([N+](=O)[O-])ccc2Cl)CC1.